The van der Waals surface area contributed by atoms with Gasteiger partial charge in [-0.25, -0.2) is 4.39 Å². The number of rotatable bonds is 4. The minimum Gasteiger partial charge on any atom is -0.491 e. The van der Waals surface area contributed by atoms with Gasteiger partial charge in [-0.15, -0.1) is 0 Å². The second-order valence-corrected chi connectivity index (χ2v) is 7.99. The molecule has 0 spiro atoms. The van der Waals surface area contributed by atoms with Gasteiger partial charge in [-0.05, 0) is 51.1 Å². The molecule has 1 fully saturated rings. The van der Waals surface area contributed by atoms with Gasteiger partial charge in [0.2, 0.25) is 0 Å². The van der Waals surface area contributed by atoms with Crippen molar-refractivity contribution in [2.45, 2.75) is 48.2 Å². The number of hydrogen-bond acceptors (Lipinski definition) is 4. The number of hydrogen-bond donors (Lipinski definition) is 1. The Morgan fingerprint density at radius 3 is 2.92 bits per heavy atom. The molecule has 2 atom stereocenters. The second-order valence-electron chi connectivity index (χ2n) is 6.85. The van der Waals surface area contributed by atoms with Crippen molar-refractivity contribution >= 4 is 11.8 Å². The van der Waals surface area contributed by atoms with Crippen LogP contribution < -0.4 is 14.8 Å². The number of piperidine rings is 1. The Morgan fingerprint density at radius 1 is 1.20 bits per heavy atom. The lowest BCUT2D eigenvalue weighted by Crippen LogP contribution is -2.39. The molecule has 2 aromatic carbocycles. The fourth-order valence-corrected chi connectivity index (χ4v) is 4.45. The highest BCUT2D eigenvalue weighted by Gasteiger charge is 2.36. The van der Waals surface area contributed by atoms with Gasteiger partial charge in [0.1, 0.15) is 23.4 Å². The summed E-state index contributed by atoms with van der Waals surface area (Å²) in [6.45, 7) is 5.82. The molecule has 5 heteroatoms. The fourth-order valence-electron chi connectivity index (χ4n) is 3.53. The fraction of sp³-hybridized carbons (Fsp3) is 0.400. The minimum absolute atomic E-state index is 0.0185. The Balaban J connectivity index is 1.55. The zero-order valence-electron chi connectivity index (χ0n) is 14.4. The van der Waals surface area contributed by atoms with Gasteiger partial charge in [0.05, 0.1) is 6.10 Å². The standard InChI is InChI=1S/C20H22FNO2S/c1-12(2)23-14-7-13(21)8-16(9-14)25-15-3-4-17-18-5-6-22-11-20(18)24-19(17)10-15/h3-4,7-10,12,18,20,22H,5-6,11H2,1-2H3. The quantitative estimate of drug-likeness (QED) is 0.864. The normalized spacial score (nSPS) is 21.6. The summed E-state index contributed by atoms with van der Waals surface area (Å²) in [5, 5.41) is 3.39. The van der Waals surface area contributed by atoms with Crippen LogP contribution >= 0.6 is 11.8 Å². The van der Waals surface area contributed by atoms with Gasteiger partial charge in [0, 0.05) is 33.9 Å². The van der Waals surface area contributed by atoms with E-state index in [1.54, 1.807) is 0 Å². The van der Waals surface area contributed by atoms with E-state index < -0.39 is 0 Å². The molecular weight excluding hydrogens is 337 g/mol. The average molecular weight is 359 g/mol. The molecule has 3 nitrogen and oxygen atoms in total. The van der Waals surface area contributed by atoms with Crippen molar-refractivity contribution in [3.05, 3.63) is 47.8 Å². The predicted molar refractivity (Wildman–Crippen MR) is 97.4 cm³/mol. The van der Waals surface area contributed by atoms with Crippen LogP contribution in [-0.2, 0) is 0 Å². The van der Waals surface area contributed by atoms with E-state index in [0.29, 0.717) is 11.7 Å². The third-order valence-corrected chi connectivity index (χ3v) is 5.50. The summed E-state index contributed by atoms with van der Waals surface area (Å²) >= 11 is 1.53. The Labute approximate surface area is 151 Å². The lowest BCUT2D eigenvalue weighted by molar-refractivity contribution is 0.176. The van der Waals surface area contributed by atoms with Crippen LogP contribution in [-0.4, -0.2) is 25.3 Å². The summed E-state index contributed by atoms with van der Waals surface area (Å²) in [6, 6.07) is 11.2. The smallest absolute Gasteiger partial charge is 0.128 e. The molecule has 2 aromatic rings. The molecule has 2 aliphatic heterocycles. The Bertz CT molecular complexity index is 780. The molecule has 25 heavy (non-hydrogen) atoms. The van der Waals surface area contributed by atoms with Crippen molar-refractivity contribution in [2.75, 3.05) is 13.1 Å². The van der Waals surface area contributed by atoms with Gasteiger partial charge in [0.15, 0.2) is 0 Å². The maximum atomic E-state index is 13.9. The molecule has 1 N–H and O–H groups in total. The van der Waals surface area contributed by atoms with Crippen LogP contribution in [0.1, 0.15) is 31.7 Å². The van der Waals surface area contributed by atoms with E-state index in [-0.39, 0.29) is 18.0 Å². The Morgan fingerprint density at radius 2 is 2.08 bits per heavy atom. The number of ether oxygens (including phenoxy) is 2. The van der Waals surface area contributed by atoms with E-state index in [1.807, 2.05) is 19.9 Å². The van der Waals surface area contributed by atoms with Crippen LogP contribution in [0.3, 0.4) is 0 Å². The second kappa shape index (κ2) is 6.89. The molecule has 0 saturated carbocycles. The van der Waals surface area contributed by atoms with Crippen LogP contribution in [0.4, 0.5) is 4.39 Å². The summed E-state index contributed by atoms with van der Waals surface area (Å²) in [5.74, 6) is 1.75. The zero-order valence-corrected chi connectivity index (χ0v) is 15.2. The van der Waals surface area contributed by atoms with E-state index in [9.17, 15) is 4.39 Å². The van der Waals surface area contributed by atoms with Crippen molar-refractivity contribution in [1.82, 2.24) is 5.32 Å². The van der Waals surface area contributed by atoms with Gasteiger partial charge in [-0.3, -0.25) is 0 Å². The van der Waals surface area contributed by atoms with E-state index >= 15 is 0 Å². The largest absolute Gasteiger partial charge is 0.491 e. The Hall–Kier alpha value is -1.72. The predicted octanol–water partition coefficient (Wildman–Crippen LogP) is 4.60. The van der Waals surface area contributed by atoms with Crippen LogP contribution in [0.15, 0.2) is 46.2 Å². The molecule has 1 saturated heterocycles. The average Bonchev–Trinajstić information content (AvgIpc) is 2.91. The first-order valence-corrected chi connectivity index (χ1v) is 9.56. The zero-order chi connectivity index (χ0) is 17.4. The maximum Gasteiger partial charge on any atom is 0.128 e. The number of fused-ring (bicyclic) bond motifs is 3. The summed E-state index contributed by atoms with van der Waals surface area (Å²) < 4.78 is 25.6. The lowest BCUT2D eigenvalue weighted by atomic mass is 9.90. The topological polar surface area (TPSA) is 30.5 Å². The highest BCUT2D eigenvalue weighted by atomic mass is 32.2. The molecule has 132 valence electrons. The van der Waals surface area contributed by atoms with Gasteiger partial charge < -0.3 is 14.8 Å². The summed E-state index contributed by atoms with van der Waals surface area (Å²) in [7, 11) is 0. The molecule has 2 unspecified atom stereocenters. The summed E-state index contributed by atoms with van der Waals surface area (Å²) in [5.41, 5.74) is 1.30. The van der Waals surface area contributed by atoms with Crippen molar-refractivity contribution in [3.8, 4) is 11.5 Å². The molecule has 0 aliphatic carbocycles. The van der Waals surface area contributed by atoms with Gasteiger partial charge in [-0.2, -0.15) is 0 Å². The summed E-state index contributed by atoms with van der Waals surface area (Å²) in [4.78, 5) is 1.87. The summed E-state index contributed by atoms with van der Waals surface area (Å²) in [6.07, 6.45) is 1.37. The van der Waals surface area contributed by atoms with Gasteiger partial charge in [0.25, 0.3) is 0 Å². The first kappa shape index (κ1) is 16.7. The molecule has 2 heterocycles. The van der Waals surface area contributed by atoms with Crippen molar-refractivity contribution < 1.29 is 13.9 Å². The first-order chi connectivity index (χ1) is 12.1. The number of benzene rings is 2. The monoisotopic (exact) mass is 359 g/mol. The van der Waals surface area contributed by atoms with Crippen LogP contribution in [0.5, 0.6) is 11.5 Å². The van der Waals surface area contributed by atoms with Gasteiger partial charge >= 0.3 is 0 Å². The highest BCUT2D eigenvalue weighted by Crippen LogP contribution is 2.44. The van der Waals surface area contributed by atoms with Crippen LogP contribution in [0.25, 0.3) is 0 Å². The maximum absolute atomic E-state index is 13.9. The van der Waals surface area contributed by atoms with E-state index in [1.165, 1.54) is 29.5 Å². The minimum atomic E-state index is -0.282. The van der Waals surface area contributed by atoms with Crippen LogP contribution in [0, 0.1) is 5.82 Å². The van der Waals surface area contributed by atoms with Crippen LogP contribution in [0.2, 0.25) is 0 Å². The molecule has 0 bridgehead atoms. The molecular formula is C20H22FNO2S. The van der Waals surface area contributed by atoms with E-state index in [0.717, 1.165) is 35.1 Å². The first-order valence-electron chi connectivity index (χ1n) is 8.75. The van der Waals surface area contributed by atoms with E-state index in [2.05, 4.69) is 23.5 Å². The van der Waals surface area contributed by atoms with Crippen molar-refractivity contribution in [3.63, 3.8) is 0 Å². The number of nitrogens with one attached hydrogen (secondary N) is 1. The highest BCUT2D eigenvalue weighted by molar-refractivity contribution is 7.99. The van der Waals surface area contributed by atoms with Crippen molar-refractivity contribution in [1.29, 1.82) is 0 Å². The van der Waals surface area contributed by atoms with Crippen molar-refractivity contribution in [2.24, 2.45) is 0 Å². The molecule has 0 aromatic heterocycles. The molecule has 2 aliphatic rings. The molecule has 0 amide bonds. The third kappa shape index (κ3) is 3.62. The van der Waals surface area contributed by atoms with E-state index in [4.69, 9.17) is 9.47 Å². The number of halogens is 1. The SMILES string of the molecule is CC(C)Oc1cc(F)cc(Sc2ccc3c(c2)OC2CNCCC32)c1. The third-order valence-electron chi connectivity index (χ3n) is 4.54. The molecule has 0 radical (unpaired) electrons. The molecule has 4 rings (SSSR count). The Kier molecular flexibility index (Phi) is 4.61. The lowest BCUT2D eigenvalue weighted by Gasteiger charge is -2.24. The van der Waals surface area contributed by atoms with Gasteiger partial charge in [-0.1, -0.05) is 17.8 Å².